The molecule has 1 aliphatic rings. The van der Waals surface area contributed by atoms with E-state index in [1.54, 1.807) is 6.92 Å². The lowest BCUT2D eigenvalue weighted by Crippen LogP contribution is -2.30. The number of carbonyl (C=O) groups excluding carboxylic acids is 1. The van der Waals surface area contributed by atoms with Crippen LogP contribution in [0.25, 0.3) is 11.1 Å². The van der Waals surface area contributed by atoms with E-state index in [0.717, 1.165) is 24.2 Å². The molecule has 28 heavy (non-hydrogen) atoms. The van der Waals surface area contributed by atoms with Crippen LogP contribution in [0.2, 0.25) is 0 Å². The minimum absolute atomic E-state index is 0.127. The number of fused-ring (bicyclic) bond motifs is 3. The maximum atomic E-state index is 13.8. The summed E-state index contributed by atoms with van der Waals surface area (Å²) in [6.07, 6.45) is 0.127. The van der Waals surface area contributed by atoms with Crippen LogP contribution in [0.1, 0.15) is 20.8 Å². The van der Waals surface area contributed by atoms with E-state index in [-0.39, 0.29) is 12.1 Å². The van der Waals surface area contributed by atoms with Gasteiger partial charge in [0.25, 0.3) is 7.37 Å². The van der Waals surface area contributed by atoms with Crippen molar-refractivity contribution in [3.05, 3.63) is 48.5 Å². The van der Waals surface area contributed by atoms with Gasteiger partial charge in [0.05, 0.1) is 17.4 Å². The number of carbonyl (C=O) groups is 1. The van der Waals surface area contributed by atoms with Crippen molar-refractivity contribution < 1.29 is 18.6 Å². The van der Waals surface area contributed by atoms with Crippen molar-refractivity contribution in [2.75, 3.05) is 32.4 Å². The molecule has 3 rings (SSSR count). The van der Waals surface area contributed by atoms with E-state index < -0.39 is 13.3 Å². The van der Waals surface area contributed by atoms with Gasteiger partial charge in [0.15, 0.2) is 0 Å². The highest BCUT2D eigenvalue weighted by Crippen LogP contribution is 2.55. The highest BCUT2D eigenvalue weighted by atomic mass is 31.2. The van der Waals surface area contributed by atoms with Crippen molar-refractivity contribution in [3.8, 4) is 16.9 Å². The lowest BCUT2D eigenvalue weighted by Gasteiger charge is -2.29. The molecule has 0 spiro atoms. The van der Waals surface area contributed by atoms with E-state index in [0.29, 0.717) is 24.2 Å². The third-order valence-corrected chi connectivity index (χ3v) is 7.80. The van der Waals surface area contributed by atoms with Crippen molar-refractivity contribution in [1.29, 1.82) is 0 Å². The molecule has 0 aliphatic carbocycles. The Morgan fingerprint density at radius 2 is 1.71 bits per heavy atom. The van der Waals surface area contributed by atoms with Crippen molar-refractivity contribution >= 4 is 18.6 Å². The molecular formula is C22H28NO4P. The second-order valence-corrected chi connectivity index (χ2v) is 9.43. The van der Waals surface area contributed by atoms with Gasteiger partial charge >= 0.3 is 5.97 Å². The number of rotatable bonds is 8. The monoisotopic (exact) mass is 401 g/mol. The Kier molecular flexibility index (Phi) is 6.58. The summed E-state index contributed by atoms with van der Waals surface area (Å²) in [4.78, 5) is 14.6. The first-order chi connectivity index (χ1) is 13.5. The van der Waals surface area contributed by atoms with Crippen molar-refractivity contribution in [1.82, 2.24) is 4.90 Å². The lowest BCUT2D eigenvalue weighted by atomic mass is 10.0. The van der Waals surface area contributed by atoms with Crippen LogP contribution in [0.5, 0.6) is 5.75 Å². The van der Waals surface area contributed by atoms with Crippen LogP contribution >= 0.6 is 7.37 Å². The fourth-order valence-corrected chi connectivity index (χ4v) is 6.10. The summed E-state index contributed by atoms with van der Waals surface area (Å²) in [6, 6.07) is 15.2. The van der Waals surface area contributed by atoms with Crippen LogP contribution in [0.3, 0.4) is 0 Å². The molecule has 0 bridgehead atoms. The zero-order valence-corrected chi connectivity index (χ0v) is 17.7. The average Bonchev–Trinajstić information content (AvgIpc) is 2.71. The van der Waals surface area contributed by atoms with Gasteiger partial charge in [-0.25, -0.2) is 0 Å². The summed E-state index contributed by atoms with van der Waals surface area (Å²) in [5, 5.41) is 0.677. The summed E-state index contributed by atoms with van der Waals surface area (Å²) in [5.74, 6) is -0.241. The van der Waals surface area contributed by atoms with Crippen LogP contribution in [0.4, 0.5) is 0 Å². The van der Waals surface area contributed by atoms with Crippen molar-refractivity contribution in [3.63, 3.8) is 0 Å². The molecule has 0 saturated carbocycles. The molecule has 0 fully saturated rings. The normalized spacial score (nSPS) is 18.7. The largest absolute Gasteiger partial charge is 0.464 e. The molecule has 5 nitrogen and oxygen atoms in total. The van der Waals surface area contributed by atoms with Gasteiger partial charge in [-0.05, 0) is 30.8 Å². The standard InChI is InChI=1S/C22H28NO4P/c1-4-23(5-2)14-15-26-22(24)17(3)16-28(25)21-13-9-7-11-19(21)18-10-6-8-12-20(18)27-28/h6-13,17H,4-5,14-16H2,1-3H3. The molecule has 2 unspecified atom stereocenters. The van der Waals surface area contributed by atoms with E-state index in [1.807, 2.05) is 48.5 Å². The van der Waals surface area contributed by atoms with Crippen LogP contribution < -0.4 is 9.83 Å². The molecule has 2 aromatic rings. The highest BCUT2D eigenvalue weighted by molar-refractivity contribution is 7.67. The summed E-state index contributed by atoms with van der Waals surface area (Å²) in [6.45, 7) is 8.80. The fraction of sp³-hybridized carbons (Fsp3) is 0.409. The predicted octanol–water partition coefficient (Wildman–Crippen LogP) is 4.17. The number of hydrogen-bond acceptors (Lipinski definition) is 5. The molecular weight excluding hydrogens is 373 g/mol. The van der Waals surface area contributed by atoms with E-state index in [9.17, 15) is 9.36 Å². The van der Waals surface area contributed by atoms with Gasteiger partial charge in [0, 0.05) is 12.1 Å². The van der Waals surface area contributed by atoms with Crippen LogP contribution in [0, 0.1) is 5.92 Å². The van der Waals surface area contributed by atoms with Gasteiger partial charge in [-0.3, -0.25) is 9.36 Å². The van der Waals surface area contributed by atoms with Crippen molar-refractivity contribution in [2.24, 2.45) is 5.92 Å². The molecule has 0 aromatic heterocycles. The summed E-state index contributed by atoms with van der Waals surface area (Å²) in [7, 11) is -3.22. The molecule has 1 heterocycles. The molecule has 0 radical (unpaired) electrons. The molecule has 0 saturated heterocycles. The SMILES string of the molecule is CCN(CC)CCOC(=O)C(C)CP1(=O)Oc2ccccc2-c2ccccc21. The zero-order valence-electron chi connectivity index (χ0n) is 16.8. The first-order valence-electron chi connectivity index (χ1n) is 9.85. The Morgan fingerprint density at radius 3 is 2.43 bits per heavy atom. The molecule has 2 atom stereocenters. The first kappa shape index (κ1) is 20.6. The minimum Gasteiger partial charge on any atom is -0.464 e. The Balaban J connectivity index is 1.73. The van der Waals surface area contributed by atoms with Crippen LogP contribution in [-0.4, -0.2) is 43.3 Å². The number of hydrogen-bond donors (Lipinski definition) is 0. The fourth-order valence-electron chi connectivity index (χ4n) is 3.50. The maximum Gasteiger partial charge on any atom is 0.309 e. The Morgan fingerprint density at radius 1 is 1.07 bits per heavy atom. The number of likely N-dealkylation sites (N-methyl/N-ethyl adjacent to an activating group) is 1. The molecule has 1 aliphatic heterocycles. The molecule has 0 N–H and O–H groups in total. The van der Waals surface area contributed by atoms with Gasteiger partial charge in [-0.1, -0.05) is 57.2 Å². The molecule has 150 valence electrons. The van der Waals surface area contributed by atoms with E-state index in [2.05, 4.69) is 18.7 Å². The first-order valence-corrected chi connectivity index (χ1v) is 11.7. The molecule has 0 amide bonds. The second-order valence-electron chi connectivity index (χ2n) is 7.06. The van der Waals surface area contributed by atoms with Crippen LogP contribution in [0.15, 0.2) is 48.5 Å². The van der Waals surface area contributed by atoms with E-state index >= 15 is 0 Å². The number of esters is 1. The average molecular weight is 401 g/mol. The second kappa shape index (κ2) is 8.93. The third kappa shape index (κ3) is 4.31. The molecule has 6 heteroatoms. The number of benzene rings is 2. The number of ether oxygens (including phenoxy) is 1. The maximum absolute atomic E-state index is 13.8. The Hall–Kier alpha value is -2.10. The minimum atomic E-state index is -3.22. The zero-order chi connectivity index (χ0) is 20.1. The van der Waals surface area contributed by atoms with Gasteiger partial charge in [0.2, 0.25) is 0 Å². The van der Waals surface area contributed by atoms with Gasteiger partial charge in [-0.2, -0.15) is 0 Å². The van der Waals surface area contributed by atoms with Gasteiger partial charge in [-0.15, -0.1) is 0 Å². The number of nitrogens with zero attached hydrogens (tertiary/aromatic N) is 1. The Bertz CT molecular complexity index is 878. The predicted molar refractivity (Wildman–Crippen MR) is 113 cm³/mol. The smallest absolute Gasteiger partial charge is 0.309 e. The highest BCUT2D eigenvalue weighted by Gasteiger charge is 2.38. The van der Waals surface area contributed by atoms with Gasteiger partial charge in [0.1, 0.15) is 12.4 Å². The third-order valence-electron chi connectivity index (χ3n) is 5.16. The van der Waals surface area contributed by atoms with Crippen LogP contribution in [-0.2, 0) is 14.1 Å². The van der Waals surface area contributed by atoms with Crippen molar-refractivity contribution in [2.45, 2.75) is 20.8 Å². The van der Waals surface area contributed by atoms with Gasteiger partial charge < -0.3 is 14.2 Å². The quantitative estimate of drug-likeness (QED) is 0.491. The Labute approximate surface area is 167 Å². The summed E-state index contributed by atoms with van der Waals surface area (Å²) < 4.78 is 25.2. The lowest BCUT2D eigenvalue weighted by molar-refractivity contribution is -0.147. The number of para-hydroxylation sites is 1. The summed E-state index contributed by atoms with van der Waals surface area (Å²) in [5.41, 5.74) is 1.84. The van der Waals surface area contributed by atoms with E-state index in [1.165, 1.54) is 0 Å². The molecule has 2 aromatic carbocycles. The van der Waals surface area contributed by atoms with E-state index in [4.69, 9.17) is 9.26 Å². The topological polar surface area (TPSA) is 55.8 Å². The summed E-state index contributed by atoms with van der Waals surface area (Å²) >= 11 is 0.